The number of likely N-dealkylation sites (N-methyl/N-ethyl adjacent to an activating group) is 1. The maximum Gasteiger partial charge on any atom is 0.146 e. The average Bonchev–Trinajstić information content (AvgIpc) is 2.40. The van der Waals surface area contributed by atoms with Gasteiger partial charge in [-0.1, -0.05) is 23.2 Å². The molecular weight excluding hydrogens is 286 g/mol. The lowest BCUT2D eigenvalue weighted by Gasteiger charge is -2.32. The number of nitrogens with zero attached hydrogens (tertiary/aromatic N) is 2. The molecule has 1 aliphatic heterocycles. The fourth-order valence-electron chi connectivity index (χ4n) is 2.35. The molecule has 0 spiro atoms. The van der Waals surface area contributed by atoms with E-state index < -0.39 is 0 Å². The molecule has 0 atom stereocenters. The Morgan fingerprint density at radius 3 is 2.42 bits per heavy atom. The predicted molar refractivity (Wildman–Crippen MR) is 78.7 cm³/mol. The topological polar surface area (TPSA) is 6.48 Å². The fourth-order valence-corrected chi connectivity index (χ4v) is 2.77. The van der Waals surface area contributed by atoms with Crippen LogP contribution in [0.25, 0.3) is 0 Å². The molecular formula is C14H19Cl2FN2. The summed E-state index contributed by atoms with van der Waals surface area (Å²) in [6, 6.07) is 3.17. The Morgan fingerprint density at radius 2 is 1.74 bits per heavy atom. The second kappa shape index (κ2) is 6.89. The Bertz CT molecular complexity index is 432. The smallest absolute Gasteiger partial charge is 0.146 e. The van der Waals surface area contributed by atoms with Crippen LogP contribution in [0.2, 0.25) is 10.0 Å². The first-order valence-electron chi connectivity index (χ1n) is 6.61. The first kappa shape index (κ1) is 15.0. The van der Waals surface area contributed by atoms with Crippen molar-refractivity contribution in [2.75, 3.05) is 39.8 Å². The lowest BCUT2D eigenvalue weighted by atomic mass is 10.1. The van der Waals surface area contributed by atoms with Crippen LogP contribution in [0.1, 0.15) is 12.0 Å². The van der Waals surface area contributed by atoms with E-state index in [2.05, 4.69) is 16.8 Å². The summed E-state index contributed by atoms with van der Waals surface area (Å²) in [5, 5.41) is 0.624. The van der Waals surface area contributed by atoms with Crippen LogP contribution in [0.5, 0.6) is 0 Å². The zero-order valence-corrected chi connectivity index (χ0v) is 12.6. The fraction of sp³-hybridized carbons (Fsp3) is 0.571. The van der Waals surface area contributed by atoms with Crippen molar-refractivity contribution in [3.05, 3.63) is 33.6 Å². The molecule has 0 radical (unpaired) electrons. The Morgan fingerprint density at radius 1 is 1.11 bits per heavy atom. The SMILES string of the molecule is CN1CCN(CCCc2c(Cl)ccc(Cl)c2F)CC1. The zero-order valence-electron chi connectivity index (χ0n) is 11.1. The molecule has 1 fully saturated rings. The first-order chi connectivity index (χ1) is 9.08. The van der Waals surface area contributed by atoms with Gasteiger partial charge in [0.15, 0.2) is 0 Å². The largest absolute Gasteiger partial charge is 0.304 e. The number of hydrogen-bond acceptors (Lipinski definition) is 2. The van der Waals surface area contributed by atoms with Gasteiger partial charge in [-0.15, -0.1) is 0 Å². The van der Waals surface area contributed by atoms with Crippen LogP contribution >= 0.6 is 23.2 Å². The molecule has 106 valence electrons. The molecule has 0 saturated carbocycles. The Balaban J connectivity index is 1.84. The lowest BCUT2D eigenvalue weighted by Crippen LogP contribution is -2.44. The first-order valence-corrected chi connectivity index (χ1v) is 7.37. The van der Waals surface area contributed by atoms with E-state index in [-0.39, 0.29) is 10.8 Å². The van der Waals surface area contributed by atoms with Crippen molar-refractivity contribution in [1.82, 2.24) is 9.80 Å². The number of rotatable bonds is 4. The lowest BCUT2D eigenvalue weighted by molar-refractivity contribution is 0.153. The Labute approximate surface area is 124 Å². The van der Waals surface area contributed by atoms with E-state index in [1.807, 2.05) is 0 Å². The molecule has 19 heavy (non-hydrogen) atoms. The summed E-state index contributed by atoms with van der Waals surface area (Å²) in [5.74, 6) is -0.368. The van der Waals surface area contributed by atoms with Crippen LogP contribution < -0.4 is 0 Å². The van der Waals surface area contributed by atoms with E-state index in [1.165, 1.54) is 6.07 Å². The van der Waals surface area contributed by atoms with Gasteiger partial charge in [0.1, 0.15) is 5.82 Å². The zero-order chi connectivity index (χ0) is 13.8. The highest BCUT2D eigenvalue weighted by Crippen LogP contribution is 2.26. The summed E-state index contributed by atoms with van der Waals surface area (Å²) >= 11 is 11.8. The van der Waals surface area contributed by atoms with Crippen molar-refractivity contribution < 1.29 is 4.39 Å². The van der Waals surface area contributed by atoms with Gasteiger partial charge in [-0.3, -0.25) is 0 Å². The van der Waals surface area contributed by atoms with Gasteiger partial charge in [0.2, 0.25) is 0 Å². The summed E-state index contributed by atoms with van der Waals surface area (Å²) in [4.78, 5) is 4.74. The monoisotopic (exact) mass is 304 g/mol. The van der Waals surface area contributed by atoms with Crippen molar-refractivity contribution in [3.8, 4) is 0 Å². The van der Waals surface area contributed by atoms with E-state index >= 15 is 0 Å². The van der Waals surface area contributed by atoms with E-state index in [1.54, 1.807) is 6.07 Å². The third-order valence-electron chi connectivity index (χ3n) is 3.64. The summed E-state index contributed by atoms with van der Waals surface area (Å²) in [6.45, 7) is 5.36. The van der Waals surface area contributed by atoms with Crippen molar-refractivity contribution in [1.29, 1.82) is 0 Å². The van der Waals surface area contributed by atoms with Crippen LogP contribution in [0.15, 0.2) is 12.1 Å². The number of hydrogen-bond donors (Lipinski definition) is 0. The molecule has 0 bridgehead atoms. The van der Waals surface area contributed by atoms with E-state index in [0.29, 0.717) is 17.0 Å². The number of benzene rings is 1. The minimum Gasteiger partial charge on any atom is -0.304 e. The number of piperazine rings is 1. The van der Waals surface area contributed by atoms with Gasteiger partial charge in [-0.05, 0) is 38.6 Å². The minimum absolute atomic E-state index is 0.152. The maximum atomic E-state index is 13.8. The van der Waals surface area contributed by atoms with Crippen molar-refractivity contribution >= 4 is 23.2 Å². The summed E-state index contributed by atoms with van der Waals surface area (Å²) in [7, 11) is 2.14. The highest BCUT2D eigenvalue weighted by Gasteiger charge is 2.15. The van der Waals surface area contributed by atoms with E-state index in [9.17, 15) is 4.39 Å². The molecule has 1 saturated heterocycles. The molecule has 0 aliphatic carbocycles. The molecule has 2 rings (SSSR count). The molecule has 0 unspecified atom stereocenters. The van der Waals surface area contributed by atoms with Crippen molar-refractivity contribution in [2.45, 2.75) is 12.8 Å². The standard InChI is InChI=1S/C14H19Cl2FN2/c1-18-7-9-19(10-8-18)6-2-3-11-12(15)4-5-13(16)14(11)17/h4-5H,2-3,6-10H2,1H3. The Kier molecular flexibility index (Phi) is 5.46. The summed E-state index contributed by atoms with van der Waals surface area (Å²) in [6.07, 6.45) is 1.54. The van der Waals surface area contributed by atoms with Crippen molar-refractivity contribution in [2.24, 2.45) is 0 Å². The quantitative estimate of drug-likeness (QED) is 0.788. The molecule has 5 heteroatoms. The van der Waals surface area contributed by atoms with Crippen LogP contribution in [0.4, 0.5) is 4.39 Å². The third-order valence-corrected chi connectivity index (χ3v) is 4.28. The normalized spacial score (nSPS) is 17.9. The number of halogens is 3. The van der Waals surface area contributed by atoms with Crippen LogP contribution in [-0.4, -0.2) is 49.6 Å². The predicted octanol–water partition coefficient (Wildman–Crippen LogP) is 3.31. The van der Waals surface area contributed by atoms with Gasteiger partial charge in [-0.25, -0.2) is 4.39 Å². The molecule has 1 aromatic rings. The van der Waals surface area contributed by atoms with Crippen LogP contribution in [0, 0.1) is 5.82 Å². The van der Waals surface area contributed by atoms with E-state index in [4.69, 9.17) is 23.2 Å². The highest BCUT2D eigenvalue weighted by molar-refractivity contribution is 6.33. The maximum absolute atomic E-state index is 13.8. The Hall–Kier alpha value is -0.350. The van der Waals surface area contributed by atoms with Crippen molar-refractivity contribution in [3.63, 3.8) is 0 Å². The van der Waals surface area contributed by atoms with Gasteiger partial charge >= 0.3 is 0 Å². The second-order valence-electron chi connectivity index (χ2n) is 5.07. The van der Waals surface area contributed by atoms with Gasteiger partial charge in [0, 0.05) is 36.8 Å². The third kappa shape index (κ3) is 4.06. The second-order valence-corrected chi connectivity index (χ2v) is 5.88. The van der Waals surface area contributed by atoms with Crippen LogP contribution in [0.3, 0.4) is 0 Å². The summed E-state index contributed by atoms with van der Waals surface area (Å²) in [5.41, 5.74) is 0.545. The highest BCUT2D eigenvalue weighted by atomic mass is 35.5. The molecule has 0 aromatic heterocycles. The van der Waals surface area contributed by atoms with Gasteiger partial charge < -0.3 is 9.80 Å². The molecule has 1 aliphatic rings. The minimum atomic E-state index is -0.368. The molecule has 1 aromatic carbocycles. The van der Waals surface area contributed by atoms with Gasteiger partial charge in [0.05, 0.1) is 5.02 Å². The molecule has 0 amide bonds. The van der Waals surface area contributed by atoms with Gasteiger partial charge in [-0.2, -0.15) is 0 Å². The van der Waals surface area contributed by atoms with Gasteiger partial charge in [0.25, 0.3) is 0 Å². The van der Waals surface area contributed by atoms with Crippen LogP contribution in [-0.2, 0) is 6.42 Å². The molecule has 2 nitrogen and oxygen atoms in total. The average molecular weight is 305 g/mol. The molecule has 1 heterocycles. The van der Waals surface area contributed by atoms with E-state index in [0.717, 1.165) is 39.1 Å². The summed E-state index contributed by atoms with van der Waals surface area (Å²) < 4.78 is 13.8. The molecule has 0 N–H and O–H groups in total.